The van der Waals surface area contributed by atoms with Gasteiger partial charge in [-0.2, -0.15) is 5.10 Å². The Balaban J connectivity index is 2.08. The van der Waals surface area contributed by atoms with Gasteiger partial charge in [-0.15, -0.1) is 0 Å². The number of rotatable bonds is 6. The van der Waals surface area contributed by atoms with Crippen molar-refractivity contribution in [1.82, 2.24) is 14.9 Å². The summed E-state index contributed by atoms with van der Waals surface area (Å²) in [6.45, 7) is 8.55. The smallest absolute Gasteiger partial charge is 0.230 e. The van der Waals surface area contributed by atoms with Crippen LogP contribution >= 0.6 is 0 Å². The lowest BCUT2D eigenvalue weighted by Gasteiger charge is -2.09. The van der Waals surface area contributed by atoms with E-state index in [4.69, 9.17) is 4.52 Å². The monoisotopic (exact) mass is 290 g/mol. The summed E-state index contributed by atoms with van der Waals surface area (Å²) in [5, 5.41) is 11.1. The second-order valence-corrected chi connectivity index (χ2v) is 5.28. The average Bonchev–Trinajstić information content (AvgIpc) is 2.95. The lowest BCUT2D eigenvalue weighted by molar-refractivity contribution is -0.115. The molecule has 0 aromatic carbocycles. The van der Waals surface area contributed by atoms with Gasteiger partial charge in [-0.25, -0.2) is 4.68 Å². The van der Waals surface area contributed by atoms with Gasteiger partial charge in [-0.3, -0.25) is 4.79 Å². The Bertz CT molecular complexity index is 608. The number of anilines is 1. The SMILES string of the molecule is CCCCn1ncc(C)c1NC(=O)Cc1c(C)noc1C. The average molecular weight is 290 g/mol. The quantitative estimate of drug-likeness (QED) is 0.887. The maximum atomic E-state index is 12.2. The second-order valence-electron chi connectivity index (χ2n) is 5.28. The molecule has 0 saturated heterocycles. The van der Waals surface area contributed by atoms with E-state index >= 15 is 0 Å². The van der Waals surface area contributed by atoms with Crippen LogP contribution in [0.3, 0.4) is 0 Å². The standard InChI is InChI=1S/C15H22N4O2/c1-5-6-7-19-15(10(2)9-16-19)17-14(20)8-13-11(3)18-21-12(13)4/h9H,5-8H2,1-4H3,(H,17,20). The largest absolute Gasteiger partial charge is 0.361 e. The van der Waals surface area contributed by atoms with Crippen molar-refractivity contribution >= 4 is 11.7 Å². The van der Waals surface area contributed by atoms with E-state index in [1.165, 1.54) is 0 Å². The molecule has 1 amide bonds. The van der Waals surface area contributed by atoms with Gasteiger partial charge >= 0.3 is 0 Å². The molecule has 0 radical (unpaired) electrons. The van der Waals surface area contributed by atoms with E-state index in [-0.39, 0.29) is 12.3 Å². The third kappa shape index (κ3) is 3.51. The van der Waals surface area contributed by atoms with Crippen LogP contribution in [0.15, 0.2) is 10.7 Å². The number of aryl methyl sites for hydroxylation is 4. The molecule has 0 aliphatic heterocycles. The Morgan fingerprint density at radius 2 is 2.14 bits per heavy atom. The number of nitrogens with zero attached hydrogens (tertiary/aromatic N) is 3. The molecular formula is C15H22N4O2. The number of carbonyl (C=O) groups is 1. The van der Waals surface area contributed by atoms with Crippen LogP contribution in [0.1, 0.15) is 42.3 Å². The maximum absolute atomic E-state index is 12.2. The van der Waals surface area contributed by atoms with Crippen molar-refractivity contribution in [3.05, 3.63) is 28.8 Å². The molecule has 21 heavy (non-hydrogen) atoms. The van der Waals surface area contributed by atoms with E-state index in [1.54, 1.807) is 6.20 Å². The Morgan fingerprint density at radius 3 is 2.76 bits per heavy atom. The van der Waals surface area contributed by atoms with E-state index < -0.39 is 0 Å². The number of unbranched alkanes of at least 4 members (excludes halogenated alkanes) is 1. The molecular weight excluding hydrogens is 268 g/mol. The van der Waals surface area contributed by atoms with Crippen molar-refractivity contribution in [3.63, 3.8) is 0 Å². The van der Waals surface area contributed by atoms with Crippen LogP contribution in [0, 0.1) is 20.8 Å². The molecule has 0 bridgehead atoms. The first kappa shape index (κ1) is 15.3. The van der Waals surface area contributed by atoms with Gasteiger partial charge in [-0.1, -0.05) is 18.5 Å². The zero-order valence-corrected chi connectivity index (χ0v) is 13.1. The highest BCUT2D eigenvalue weighted by atomic mass is 16.5. The van der Waals surface area contributed by atoms with E-state index in [0.29, 0.717) is 5.76 Å². The van der Waals surface area contributed by atoms with Crippen molar-refractivity contribution in [2.24, 2.45) is 0 Å². The fourth-order valence-corrected chi connectivity index (χ4v) is 2.21. The molecule has 0 aliphatic carbocycles. The Hall–Kier alpha value is -2.11. The lowest BCUT2D eigenvalue weighted by atomic mass is 10.1. The molecule has 114 valence electrons. The molecule has 2 aromatic rings. The molecule has 0 spiro atoms. The van der Waals surface area contributed by atoms with Crippen LogP contribution in [0.4, 0.5) is 5.82 Å². The molecule has 0 saturated carbocycles. The third-order valence-electron chi connectivity index (χ3n) is 3.52. The van der Waals surface area contributed by atoms with Crippen molar-refractivity contribution in [2.75, 3.05) is 5.32 Å². The van der Waals surface area contributed by atoms with Gasteiger partial charge in [0, 0.05) is 17.7 Å². The molecule has 0 fully saturated rings. The van der Waals surface area contributed by atoms with Crippen LogP contribution in [-0.2, 0) is 17.8 Å². The third-order valence-corrected chi connectivity index (χ3v) is 3.52. The highest BCUT2D eigenvalue weighted by molar-refractivity contribution is 5.92. The molecule has 1 N–H and O–H groups in total. The summed E-state index contributed by atoms with van der Waals surface area (Å²) < 4.78 is 6.94. The van der Waals surface area contributed by atoms with E-state index in [0.717, 1.165) is 42.0 Å². The minimum atomic E-state index is -0.0780. The van der Waals surface area contributed by atoms with Gasteiger partial charge in [0.15, 0.2) is 0 Å². The summed E-state index contributed by atoms with van der Waals surface area (Å²) >= 11 is 0. The minimum Gasteiger partial charge on any atom is -0.361 e. The second kappa shape index (κ2) is 6.56. The Morgan fingerprint density at radius 1 is 1.38 bits per heavy atom. The molecule has 2 heterocycles. The van der Waals surface area contributed by atoms with Crippen molar-refractivity contribution < 1.29 is 9.32 Å². The molecule has 2 aromatic heterocycles. The molecule has 0 atom stereocenters. The first-order valence-electron chi connectivity index (χ1n) is 7.27. The van der Waals surface area contributed by atoms with Gasteiger partial charge in [0.25, 0.3) is 0 Å². The van der Waals surface area contributed by atoms with Gasteiger partial charge in [0.05, 0.1) is 18.3 Å². The number of carbonyl (C=O) groups excluding carboxylic acids is 1. The van der Waals surface area contributed by atoms with Gasteiger partial charge in [0.2, 0.25) is 5.91 Å². The van der Waals surface area contributed by atoms with E-state index in [9.17, 15) is 4.79 Å². The molecule has 2 rings (SSSR count). The molecule has 6 nitrogen and oxygen atoms in total. The van der Waals surface area contributed by atoms with Crippen LogP contribution in [0.5, 0.6) is 0 Å². The number of hydrogen-bond donors (Lipinski definition) is 1. The summed E-state index contributed by atoms with van der Waals surface area (Å²) in [5.41, 5.74) is 2.59. The highest BCUT2D eigenvalue weighted by Crippen LogP contribution is 2.17. The zero-order chi connectivity index (χ0) is 15.4. The summed E-state index contributed by atoms with van der Waals surface area (Å²) in [6, 6.07) is 0. The first-order valence-corrected chi connectivity index (χ1v) is 7.27. The fourth-order valence-electron chi connectivity index (χ4n) is 2.21. The fraction of sp³-hybridized carbons (Fsp3) is 0.533. The topological polar surface area (TPSA) is 73.0 Å². The normalized spacial score (nSPS) is 10.9. The number of aromatic nitrogens is 3. The van der Waals surface area contributed by atoms with Crippen molar-refractivity contribution in [1.29, 1.82) is 0 Å². The summed E-state index contributed by atoms with van der Waals surface area (Å²) in [5.74, 6) is 1.39. The lowest BCUT2D eigenvalue weighted by Crippen LogP contribution is -2.19. The minimum absolute atomic E-state index is 0.0780. The summed E-state index contributed by atoms with van der Waals surface area (Å²) in [4.78, 5) is 12.2. The first-order chi connectivity index (χ1) is 10.0. The van der Waals surface area contributed by atoms with Crippen molar-refractivity contribution in [3.8, 4) is 0 Å². The summed E-state index contributed by atoms with van der Waals surface area (Å²) in [7, 11) is 0. The van der Waals surface area contributed by atoms with Crippen LogP contribution in [0.2, 0.25) is 0 Å². The van der Waals surface area contributed by atoms with E-state index in [2.05, 4.69) is 22.5 Å². The van der Waals surface area contributed by atoms with Crippen molar-refractivity contribution in [2.45, 2.75) is 53.5 Å². The van der Waals surface area contributed by atoms with Gasteiger partial charge in [-0.05, 0) is 27.2 Å². The van der Waals surface area contributed by atoms with Crippen LogP contribution < -0.4 is 5.32 Å². The Kier molecular flexibility index (Phi) is 4.77. The van der Waals surface area contributed by atoms with Crippen LogP contribution in [-0.4, -0.2) is 20.8 Å². The predicted octanol–water partition coefficient (Wildman–Crippen LogP) is 2.78. The van der Waals surface area contributed by atoms with Crippen LogP contribution in [0.25, 0.3) is 0 Å². The van der Waals surface area contributed by atoms with Gasteiger partial charge < -0.3 is 9.84 Å². The highest BCUT2D eigenvalue weighted by Gasteiger charge is 2.16. The number of amides is 1. The summed E-state index contributed by atoms with van der Waals surface area (Å²) in [6.07, 6.45) is 4.17. The van der Waals surface area contributed by atoms with Gasteiger partial charge in [0.1, 0.15) is 11.6 Å². The molecule has 6 heteroatoms. The van der Waals surface area contributed by atoms with E-state index in [1.807, 2.05) is 25.5 Å². The zero-order valence-electron chi connectivity index (χ0n) is 13.1. The number of hydrogen-bond acceptors (Lipinski definition) is 4. The Labute approximate surface area is 124 Å². The maximum Gasteiger partial charge on any atom is 0.230 e. The predicted molar refractivity (Wildman–Crippen MR) is 80.2 cm³/mol. The number of nitrogens with one attached hydrogen (secondary N) is 1. The molecule has 0 aliphatic rings. The molecule has 0 unspecified atom stereocenters.